The molecule has 39 heavy (non-hydrogen) atoms. The minimum absolute atomic E-state index is 0.0751. The summed E-state index contributed by atoms with van der Waals surface area (Å²) in [5.74, 6) is -4.84. The molecule has 1 saturated carbocycles. The maximum atomic E-state index is 15.2. The first-order chi connectivity index (χ1) is 18.4. The lowest BCUT2D eigenvalue weighted by atomic mass is 9.77. The standard InChI is InChI=1S/C30H28F8O/c1-2-3-6-18-9-11-19(12-10-18)20-13-14-23(24(31)15-20)30(37,38)39-27-8-5-4-7-22(27)21-16-25(32)28(26(33)17-21)29(34,35)36/h4-5,7-8,13-19H,2-3,6,9-12H2,1H3/t18-,19-. The molecule has 0 heterocycles. The summed E-state index contributed by atoms with van der Waals surface area (Å²) < 4.78 is 117. The number of alkyl halides is 5. The number of halogens is 8. The Hall–Kier alpha value is -3.10. The highest BCUT2D eigenvalue weighted by molar-refractivity contribution is 5.71. The summed E-state index contributed by atoms with van der Waals surface area (Å²) in [5.41, 5.74) is -3.22. The zero-order valence-corrected chi connectivity index (χ0v) is 21.2. The molecule has 0 aliphatic heterocycles. The highest BCUT2D eigenvalue weighted by Gasteiger charge is 2.40. The van der Waals surface area contributed by atoms with Crippen LogP contribution in [-0.2, 0) is 12.3 Å². The van der Waals surface area contributed by atoms with Crippen LogP contribution in [0.4, 0.5) is 35.1 Å². The first-order valence-corrected chi connectivity index (χ1v) is 12.9. The summed E-state index contributed by atoms with van der Waals surface area (Å²) in [6.07, 6.45) is -2.28. The second-order valence-electron chi connectivity index (χ2n) is 10.0. The third-order valence-corrected chi connectivity index (χ3v) is 7.35. The molecule has 9 heteroatoms. The van der Waals surface area contributed by atoms with E-state index in [-0.39, 0.29) is 11.5 Å². The van der Waals surface area contributed by atoms with Crippen LogP contribution in [0, 0.1) is 23.4 Å². The first kappa shape index (κ1) is 28.9. The van der Waals surface area contributed by atoms with Crippen LogP contribution in [0.2, 0.25) is 0 Å². The first-order valence-electron chi connectivity index (χ1n) is 12.9. The van der Waals surface area contributed by atoms with Crippen molar-refractivity contribution in [2.24, 2.45) is 5.92 Å². The van der Waals surface area contributed by atoms with Crippen molar-refractivity contribution in [1.82, 2.24) is 0 Å². The van der Waals surface area contributed by atoms with E-state index in [9.17, 15) is 26.3 Å². The van der Waals surface area contributed by atoms with Crippen molar-refractivity contribution in [2.45, 2.75) is 70.1 Å². The number of unbranched alkanes of at least 4 members (excludes halogenated alkanes) is 1. The topological polar surface area (TPSA) is 9.23 Å². The third-order valence-electron chi connectivity index (χ3n) is 7.35. The third kappa shape index (κ3) is 6.56. The zero-order chi connectivity index (χ0) is 28.4. The molecular formula is C30H28F8O. The molecule has 0 aromatic heterocycles. The lowest BCUT2D eigenvalue weighted by molar-refractivity contribution is -0.187. The van der Waals surface area contributed by atoms with E-state index in [1.807, 2.05) is 0 Å². The predicted molar refractivity (Wildman–Crippen MR) is 132 cm³/mol. The van der Waals surface area contributed by atoms with Gasteiger partial charge in [0.1, 0.15) is 28.8 Å². The molecule has 0 radical (unpaired) electrons. The van der Waals surface area contributed by atoms with E-state index in [4.69, 9.17) is 4.74 Å². The molecule has 1 nitrogen and oxygen atoms in total. The van der Waals surface area contributed by atoms with Crippen LogP contribution < -0.4 is 4.74 Å². The van der Waals surface area contributed by atoms with Crippen LogP contribution in [0.1, 0.15) is 74.5 Å². The molecule has 0 spiro atoms. The van der Waals surface area contributed by atoms with Gasteiger partial charge in [0.2, 0.25) is 0 Å². The van der Waals surface area contributed by atoms with Gasteiger partial charge >= 0.3 is 12.3 Å². The van der Waals surface area contributed by atoms with Crippen LogP contribution in [-0.4, -0.2) is 0 Å². The van der Waals surface area contributed by atoms with Crippen LogP contribution in [0.25, 0.3) is 11.1 Å². The van der Waals surface area contributed by atoms with E-state index in [1.165, 1.54) is 24.6 Å². The Morgan fingerprint density at radius 2 is 1.44 bits per heavy atom. The number of benzene rings is 3. The Morgan fingerprint density at radius 3 is 2.03 bits per heavy atom. The van der Waals surface area contributed by atoms with Crippen LogP contribution in [0.15, 0.2) is 54.6 Å². The Kier molecular flexibility index (Phi) is 8.57. The van der Waals surface area contributed by atoms with Crippen molar-refractivity contribution in [2.75, 3.05) is 0 Å². The van der Waals surface area contributed by atoms with Crippen molar-refractivity contribution in [3.8, 4) is 16.9 Å². The van der Waals surface area contributed by atoms with Gasteiger partial charge < -0.3 is 4.74 Å². The fourth-order valence-corrected chi connectivity index (χ4v) is 5.29. The average molecular weight is 557 g/mol. The molecule has 210 valence electrons. The van der Waals surface area contributed by atoms with E-state index >= 15 is 8.78 Å². The fourth-order valence-electron chi connectivity index (χ4n) is 5.29. The summed E-state index contributed by atoms with van der Waals surface area (Å²) in [4.78, 5) is 0. The van der Waals surface area contributed by atoms with Crippen LogP contribution in [0.3, 0.4) is 0 Å². The quantitative estimate of drug-likeness (QED) is 0.251. The molecule has 0 bridgehead atoms. The second kappa shape index (κ2) is 11.6. The van der Waals surface area contributed by atoms with E-state index in [2.05, 4.69) is 6.92 Å². The molecule has 3 aromatic rings. The number of rotatable bonds is 8. The molecular weight excluding hydrogens is 528 g/mol. The summed E-state index contributed by atoms with van der Waals surface area (Å²) in [7, 11) is 0. The van der Waals surface area contributed by atoms with Gasteiger partial charge in [-0.25, -0.2) is 13.2 Å². The van der Waals surface area contributed by atoms with Gasteiger partial charge in [-0.1, -0.05) is 50.5 Å². The number of ether oxygens (including phenoxy) is 1. The monoisotopic (exact) mass is 556 g/mol. The van der Waals surface area contributed by atoms with Crippen molar-refractivity contribution < 1.29 is 39.9 Å². The van der Waals surface area contributed by atoms with Crippen molar-refractivity contribution >= 4 is 0 Å². The Balaban J connectivity index is 1.56. The molecule has 3 aromatic carbocycles. The van der Waals surface area contributed by atoms with Crippen molar-refractivity contribution in [3.05, 3.63) is 88.7 Å². The normalized spacial score (nSPS) is 18.3. The van der Waals surface area contributed by atoms with E-state index < -0.39 is 52.2 Å². The predicted octanol–water partition coefficient (Wildman–Crippen LogP) is 10.4. The largest absolute Gasteiger partial charge is 0.429 e. The number of hydrogen-bond donors (Lipinski definition) is 0. The Bertz CT molecular complexity index is 1270. The minimum atomic E-state index is -5.28. The van der Waals surface area contributed by atoms with Gasteiger partial charge in [0, 0.05) is 5.56 Å². The molecule has 1 aliphatic carbocycles. The number of hydrogen-bond acceptors (Lipinski definition) is 1. The molecule has 0 atom stereocenters. The fraction of sp³-hybridized carbons (Fsp3) is 0.400. The number of para-hydroxylation sites is 1. The van der Waals surface area contributed by atoms with Gasteiger partial charge in [-0.3, -0.25) is 0 Å². The molecule has 0 N–H and O–H groups in total. The van der Waals surface area contributed by atoms with E-state index in [0.29, 0.717) is 23.6 Å². The SMILES string of the molecule is CCCC[C@H]1CC[C@H](c2ccc(C(F)(F)Oc3ccccc3-c3cc(F)c(C(F)(F)F)c(F)c3)c(F)c2)CC1. The van der Waals surface area contributed by atoms with Gasteiger partial charge in [0.05, 0.1) is 5.56 Å². The lowest BCUT2D eigenvalue weighted by Gasteiger charge is -2.29. The van der Waals surface area contributed by atoms with E-state index in [0.717, 1.165) is 62.8 Å². The highest BCUT2D eigenvalue weighted by atomic mass is 19.4. The van der Waals surface area contributed by atoms with Crippen LogP contribution in [0.5, 0.6) is 5.75 Å². The van der Waals surface area contributed by atoms with Gasteiger partial charge in [-0.15, -0.1) is 0 Å². The Morgan fingerprint density at radius 1 is 0.795 bits per heavy atom. The minimum Gasteiger partial charge on any atom is -0.428 e. The maximum Gasteiger partial charge on any atom is 0.429 e. The zero-order valence-electron chi connectivity index (χ0n) is 21.2. The molecule has 1 fully saturated rings. The average Bonchev–Trinajstić information content (AvgIpc) is 2.86. The Labute approximate surface area is 221 Å². The van der Waals surface area contributed by atoms with Gasteiger partial charge in [0.15, 0.2) is 0 Å². The maximum absolute atomic E-state index is 15.2. The summed E-state index contributed by atoms with van der Waals surface area (Å²) in [6.45, 7) is 2.14. The molecule has 0 saturated heterocycles. The molecule has 0 unspecified atom stereocenters. The van der Waals surface area contributed by atoms with Gasteiger partial charge in [0.25, 0.3) is 0 Å². The second-order valence-corrected chi connectivity index (χ2v) is 10.0. The van der Waals surface area contributed by atoms with Gasteiger partial charge in [-0.05, 0) is 79.0 Å². The summed E-state index contributed by atoms with van der Waals surface area (Å²) >= 11 is 0. The molecule has 4 rings (SSSR count). The van der Waals surface area contributed by atoms with Crippen molar-refractivity contribution in [1.29, 1.82) is 0 Å². The summed E-state index contributed by atoms with van der Waals surface area (Å²) in [6, 6.07) is 9.13. The molecule has 0 amide bonds. The smallest absolute Gasteiger partial charge is 0.428 e. The van der Waals surface area contributed by atoms with E-state index in [1.54, 1.807) is 0 Å². The highest BCUT2D eigenvalue weighted by Crippen LogP contribution is 2.42. The summed E-state index contributed by atoms with van der Waals surface area (Å²) in [5, 5.41) is 0. The lowest BCUT2D eigenvalue weighted by Crippen LogP contribution is -2.24. The molecule has 1 aliphatic rings. The van der Waals surface area contributed by atoms with Crippen molar-refractivity contribution in [3.63, 3.8) is 0 Å². The van der Waals surface area contributed by atoms with Crippen LogP contribution >= 0.6 is 0 Å². The van der Waals surface area contributed by atoms with Gasteiger partial charge in [-0.2, -0.15) is 22.0 Å².